The van der Waals surface area contributed by atoms with Crippen LogP contribution < -0.4 is 4.74 Å². The summed E-state index contributed by atoms with van der Waals surface area (Å²) in [6.45, 7) is 4.68. The first-order valence-electron chi connectivity index (χ1n) is 11.1. The van der Waals surface area contributed by atoms with Crippen molar-refractivity contribution in [3.05, 3.63) is 53.6 Å². The summed E-state index contributed by atoms with van der Waals surface area (Å²) >= 11 is 0. The van der Waals surface area contributed by atoms with E-state index in [1.54, 1.807) is 13.4 Å². The highest BCUT2D eigenvalue weighted by molar-refractivity contribution is 5.69. The van der Waals surface area contributed by atoms with Crippen molar-refractivity contribution in [2.24, 2.45) is 5.92 Å². The third kappa shape index (κ3) is 4.14. The van der Waals surface area contributed by atoms with Crippen LogP contribution in [0.25, 0.3) is 17.8 Å². The van der Waals surface area contributed by atoms with Gasteiger partial charge in [-0.2, -0.15) is 5.10 Å². The van der Waals surface area contributed by atoms with Crippen molar-refractivity contribution in [1.82, 2.24) is 24.3 Å². The Morgan fingerprint density at radius 3 is 2.81 bits per heavy atom. The predicted molar refractivity (Wildman–Crippen MR) is 119 cm³/mol. The highest BCUT2D eigenvalue weighted by Gasteiger charge is 2.31. The van der Waals surface area contributed by atoms with E-state index in [1.807, 2.05) is 35.9 Å². The van der Waals surface area contributed by atoms with Gasteiger partial charge in [0.25, 0.3) is 0 Å². The van der Waals surface area contributed by atoms with Gasteiger partial charge in [0, 0.05) is 31.9 Å². The summed E-state index contributed by atoms with van der Waals surface area (Å²) in [7, 11) is 1.69. The van der Waals surface area contributed by atoms with Crippen LogP contribution in [0.15, 0.2) is 30.7 Å². The van der Waals surface area contributed by atoms with Crippen molar-refractivity contribution >= 4 is 12.2 Å². The molecule has 2 aliphatic heterocycles. The third-order valence-corrected chi connectivity index (χ3v) is 6.39. The minimum atomic E-state index is 0.505. The van der Waals surface area contributed by atoms with Gasteiger partial charge < -0.3 is 14.0 Å². The van der Waals surface area contributed by atoms with Gasteiger partial charge in [0.05, 0.1) is 24.8 Å². The van der Waals surface area contributed by atoms with E-state index in [2.05, 4.69) is 21.8 Å². The number of methoxy groups -OCH3 is 1. The van der Waals surface area contributed by atoms with E-state index in [1.165, 1.54) is 12.8 Å². The number of nitrogens with zero attached hydrogens (tertiary/aromatic N) is 5. The number of aryl methyl sites for hydroxylation is 2. The Morgan fingerprint density at radius 1 is 1.16 bits per heavy atom. The molecule has 162 valence electrons. The van der Waals surface area contributed by atoms with Crippen molar-refractivity contribution in [2.45, 2.75) is 45.1 Å². The number of hydrogen-bond donors (Lipinski definition) is 0. The molecule has 1 atom stereocenters. The van der Waals surface area contributed by atoms with E-state index in [0.717, 1.165) is 66.9 Å². The number of hydrogen-bond acceptors (Lipinski definition) is 5. The maximum atomic E-state index is 5.62. The number of rotatable bonds is 5. The van der Waals surface area contributed by atoms with Gasteiger partial charge in [0.2, 0.25) is 0 Å². The van der Waals surface area contributed by atoms with Gasteiger partial charge in [-0.1, -0.05) is 12.1 Å². The molecule has 7 heteroatoms. The topological polar surface area (TPSA) is 67.0 Å². The fraction of sp³-hybridized carbons (Fsp3) is 0.458. The molecule has 1 aromatic carbocycles. The van der Waals surface area contributed by atoms with Crippen LogP contribution in [0.4, 0.5) is 0 Å². The molecule has 4 heterocycles. The van der Waals surface area contributed by atoms with E-state index >= 15 is 0 Å². The zero-order valence-electron chi connectivity index (χ0n) is 18.2. The fourth-order valence-corrected chi connectivity index (χ4v) is 4.77. The molecular weight excluding hydrogens is 390 g/mol. The minimum Gasteiger partial charge on any atom is -0.495 e. The minimum absolute atomic E-state index is 0.505. The summed E-state index contributed by atoms with van der Waals surface area (Å²) in [5, 5.41) is 4.77. The molecule has 0 bridgehead atoms. The lowest BCUT2D eigenvalue weighted by molar-refractivity contribution is 0.0531. The van der Waals surface area contributed by atoms with E-state index in [9.17, 15) is 0 Å². The summed E-state index contributed by atoms with van der Waals surface area (Å²) in [6, 6.07) is 6.15. The Labute approximate surface area is 182 Å². The van der Waals surface area contributed by atoms with Crippen LogP contribution in [0.2, 0.25) is 0 Å². The average Bonchev–Trinajstić information content (AvgIpc) is 3.43. The Balaban J connectivity index is 1.37. The van der Waals surface area contributed by atoms with Gasteiger partial charge in [-0.05, 0) is 62.3 Å². The van der Waals surface area contributed by atoms with Crippen molar-refractivity contribution in [3.8, 4) is 11.4 Å². The maximum absolute atomic E-state index is 5.62. The van der Waals surface area contributed by atoms with Crippen molar-refractivity contribution in [1.29, 1.82) is 0 Å². The van der Waals surface area contributed by atoms with E-state index in [-0.39, 0.29) is 0 Å². The number of ether oxygens (including phenoxy) is 2. The van der Waals surface area contributed by atoms with Crippen molar-refractivity contribution in [2.75, 3.05) is 20.3 Å². The third-order valence-electron chi connectivity index (χ3n) is 6.39. The lowest BCUT2D eigenvalue weighted by Gasteiger charge is -2.32. The van der Waals surface area contributed by atoms with Gasteiger partial charge in [0.15, 0.2) is 5.82 Å². The number of fused-ring (bicyclic) bond motifs is 1. The Bertz CT molecular complexity index is 1080. The van der Waals surface area contributed by atoms with Crippen LogP contribution in [0, 0.1) is 12.8 Å². The number of imidazole rings is 1. The quantitative estimate of drug-likeness (QED) is 0.618. The normalized spacial score (nSPS) is 19.6. The largest absolute Gasteiger partial charge is 0.495 e. The monoisotopic (exact) mass is 419 g/mol. The van der Waals surface area contributed by atoms with E-state index < -0.39 is 0 Å². The van der Waals surface area contributed by atoms with Crippen LogP contribution in [-0.2, 0) is 11.3 Å². The van der Waals surface area contributed by atoms with Crippen LogP contribution in [0.3, 0.4) is 0 Å². The molecule has 0 saturated carbocycles. The molecule has 31 heavy (non-hydrogen) atoms. The molecule has 5 rings (SSSR count). The first kappa shape index (κ1) is 20.0. The smallest absolute Gasteiger partial charge is 0.174 e. The molecule has 7 nitrogen and oxygen atoms in total. The zero-order chi connectivity index (χ0) is 21.2. The first-order valence-corrected chi connectivity index (χ1v) is 11.1. The highest BCUT2D eigenvalue weighted by Crippen LogP contribution is 2.37. The molecule has 0 amide bonds. The molecule has 1 saturated heterocycles. The summed E-state index contributed by atoms with van der Waals surface area (Å²) in [5.41, 5.74) is 2.99. The molecule has 0 radical (unpaired) electrons. The standard InChI is InChI=1S/C24H29N5O2/c1-17-15-28(16-25-17)21-7-5-18(14-22(21)30-2)6-8-23-26-24-20(4-3-11-29(24)27-23)19-9-12-31-13-10-19/h5-8,14-16,19-20H,3-4,9-13H2,1-2H3/t20-/m0/s1. The van der Waals surface area contributed by atoms with Crippen LogP contribution >= 0.6 is 0 Å². The second-order valence-corrected chi connectivity index (χ2v) is 8.44. The van der Waals surface area contributed by atoms with Gasteiger partial charge in [-0.15, -0.1) is 0 Å². The van der Waals surface area contributed by atoms with Crippen molar-refractivity contribution in [3.63, 3.8) is 0 Å². The number of aromatic nitrogens is 5. The molecule has 1 fully saturated rings. The molecule has 2 aliphatic rings. The summed E-state index contributed by atoms with van der Waals surface area (Å²) in [5.74, 6) is 3.91. The predicted octanol–water partition coefficient (Wildman–Crippen LogP) is 4.26. The molecule has 3 aromatic rings. The molecule has 2 aromatic heterocycles. The Hall–Kier alpha value is -2.93. The summed E-state index contributed by atoms with van der Waals surface area (Å²) in [6.07, 6.45) is 12.5. The Morgan fingerprint density at radius 2 is 2.03 bits per heavy atom. The molecule has 0 N–H and O–H groups in total. The lowest BCUT2D eigenvalue weighted by atomic mass is 9.81. The number of benzene rings is 1. The van der Waals surface area contributed by atoms with Gasteiger partial charge >= 0.3 is 0 Å². The molecule has 0 unspecified atom stereocenters. The fourth-order valence-electron chi connectivity index (χ4n) is 4.77. The van der Waals surface area contributed by atoms with Crippen molar-refractivity contribution < 1.29 is 9.47 Å². The van der Waals surface area contributed by atoms with E-state index in [4.69, 9.17) is 19.6 Å². The Kier molecular flexibility index (Phi) is 5.59. The maximum Gasteiger partial charge on any atom is 0.174 e. The molecular formula is C24H29N5O2. The highest BCUT2D eigenvalue weighted by atomic mass is 16.5. The van der Waals surface area contributed by atoms with Gasteiger partial charge in [-0.3, -0.25) is 0 Å². The van der Waals surface area contributed by atoms with Gasteiger partial charge in [-0.25, -0.2) is 14.6 Å². The van der Waals surface area contributed by atoms with Crippen LogP contribution in [-0.4, -0.2) is 44.6 Å². The summed E-state index contributed by atoms with van der Waals surface area (Å²) < 4.78 is 15.3. The lowest BCUT2D eigenvalue weighted by Crippen LogP contribution is -2.27. The first-order chi connectivity index (χ1) is 15.2. The molecule has 0 spiro atoms. The molecule has 0 aliphatic carbocycles. The second-order valence-electron chi connectivity index (χ2n) is 8.44. The van der Waals surface area contributed by atoms with E-state index in [0.29, 0.717) is 11.8 Å². The van der Waals surface area contributed by atoms with Crippen LogP contribution in [0.1, 0.15) is 54.5 Å². The second kappa shape index (κ2) is 8.67. The van der Waals surface area contributed by atoms with Crippen LogP contribution in [0.5, 0.6) is 5.75 Å². The van der Waals surface area contributed by atoms with Gasteiger partial charge in [0.1, 0.15) is 11.6 Å². The SMILES string of the molecule is COc1cc(C=Cc2nc3n(n2)CCC[C@H]3C2CCOCC2)ccc1-n1cnc(C)c1. The summed E-state index contributed by atoms with van der Waals surface area (Å²) in [4.78, 5) is 9.22. The average molecular weight is 420 g/mol. The zero-order valence-corrected chi connectivity index (χ0v) is 18.2.